The standard InChI is InChI=1S/C13H29N3O/c1-5-6-16(8-7-15(3)4)10-13(2)11-17-9-12(13)14/h12H,5-11,14H2,1-4H3. The fourth-order valence-electron chi connectivity index (χ4n) is 2.33. The lowest BCUT2D eigenvalue weighted by molar-refractivity contribution is 0.114. The molecule has 1 heterocycles. The van der Waals surface area contributed by atoms with E-state index in [1.165, 1.54) is 6.42 Å². The molecular formula is C13H29N3O. The van der Waals surface area contributed by atoms with Gasteiger partial charge < -0.3 is 20.3 Å². The zero-order valence-corrected chi connectivity index (χ0v) is 11.9. The van der Waals surface area contributed by atoms with E-state index in [1.54, 1.807) is 0 Å². The lowest BCUT2D eigenvalue weighted by Gasteiger charge is -2.34. The van der Waals surface area contributed by atoms with Gasteiger partial charge in [0, 0.05) is 31.1 Å². The van der Waals surface area contributed by atoms with E-state index in [1.807, 2.05) is 0 Å². The van der Waals surface area contributed by atoms with Gasteiger partial charge in [0.15, 0.2) is 0 Å². The van der Waals surface area contributed by atoms with Crippen LogP contribution in [-0.2, 0) is 4.74 Å². The van der Waals surface area contributed by atoms with Gasteiger partial charge in [0.2, 0.25) is 0 Å². The number of hydrogen-bond donors (Lipinski definition) is 1. The van der Waals surface area contributed by atoms with Gasteiger partial charge in [-0.3, -0.25) is 0 Å². The Balaban J connectivity index is 2.47. The first-order chi connectivity index (χ1) is 7.98. The molecule has 4 nitrogen and oxygen atoms in total. The van der Waals surface area contributed by atoms with Crippen LogP contribution in [0.25, 0.3) is 0 Å². The first-order valence-corrected chi connectivity index (χ1v) is 6.68. The van der Waals surface area contributed by atoms with Crippen molar-refractivity contribution in [2.75, 3.05) is 53.5 Å². The summed E-state index contributed by atoms with van der Waals surface area (Å²) < 4.78 is 5.51. The second-order valence-corrected chi connectivity index (χ2v) is 5.86. The molecule has 1 aliphatic heterocycles. The minimum absolute atomic E-state index is 0.126. The summed E-state index contributed by atoms with van der Waals surface area (Å²) in [7, 11) is 4.24. The molecule has 0 radical (unpaired) electrons. The largest absolute Gasteiger partial charge is 0.379 e. The van der Waals surface area contributed by atoms with Gasteiger partial charge in [0.1, 0.15) is 0 Å². The van der Waals surface area contributed by atoms with Crippen molar-refractivity contribution in [3.05, 3.63) is 0 Å². The van der Waals surface area contributed by atoms with Crippen LogP contribution in [0, 0.1) is 5.41 Å². The predicted molar refractivity (Wildman–Crippen MR) is 72.2 cm³/mol. The third-order valence-corrected chi connectivity index (χ3v) is 3.61. The summed E-state index contributed by atoms with van der Waals surface area (Å²) in [6.45, 7) is 10.4. The monoisotopic (exact) mass is 243 g/mol. The SMILES string of the molecule is CCCN(CCN(C)C)CC1(C)COCC1N. The number of nitrogens with zero attached hydrogens (tertiary/aromatic N) is 2. The van der Waals surface area contributed by atoms with E-state index in [0.717, 1.165) is 32.8 Å². The summed E-state index contributed by atoms with van der Waals surface area (Å²) in [5.74, 6) is 0. The van der Waals surface area contributed by atoms with E-state index in [-0.39, 0.29) is 11.5 Å². The minimum Gasteiger partial charge on any atom is -0.379 e. The van der Waals surface area contributed by atoms with Crippen molar-refractivity contribution < 1.29 is 4.74 Å². The van der Waals surface area contributed by atoms with E-state index in [0.29, 0.717) is 6.61 Å². The molecule has 2 unspecified atom stereocenters. The van der Waals surface area contributed by atoms with Crippen molar-refractivity contribution in [2.24, 2.45) is 11.1 Å². The first-order valence-electron chi connectivity index (χ1n) is 6.68. The van der Waals surface area contributed by atoms with Crippen molar-refractivity contribution in [1.82, 2.24) is 9.80 Å². The van der Waals surface area contributed by atoms with Crippen LogP contribution in [0.4, 0.5) is 0 Å². The van der Waals surface area contributed by atoms with Crippen LogP contribution < -0.4 is 5.73 Å². The lowest BCUT2D eigenvalue weighted by atomic mass is 9.85. The number of ether oxygens (including phenoxy) is 1. The molecule has 1 saturated heterocycles. The van der Waals surface area contributed by atoms with Crippen molar-refractivity contribution in [2.45, 2.75) is 26.3 Å². The van der Waals surface area contributed by atoms with E-state index < -0.39 is 0 Å². The molecule has 0 aromatic heterocycles. The quantitative estimate of drug-likeness (QED) is 0.712. The maximum absolute atomic E-state index is 6.15. The Kier molecular flexibility index (Phi) is 5.86. The molecule has 1 aliphatic rings. The summed E-state index contributed by atoms with van der Waals surface area (Å²) in [6.07, 6.45) is 1.19. The van der Waals surface area contributed by atoms with Gasteiger partial charge in [-0.15, -0.1) is 0 Å². The van der Waals surface area contributed by atoms with Gasteiger partial charge in [-0.2, -0.15) is 0 Å². The molecule has 0 spiro atoms. The molecule has 17 heavy (non-hydrogen) atoms. The van der Waals surface area contributed by atoms with Crippen LogP contribution in [0.5, 0.6) is 0 Å². The lowest BCUT2D eigenvalue weighted by Crippen LogP contribution is -2.48. The minimum atomic E-state index is 0.126. The van der Waals surface area contributed by atoms with Crippen LogP contribution in [0.1, 0.15) is 20.3 Å². The van der Waals surface area contributed by atoms with Gasteiger partial charge in [0.25, 0.3) is 0 Å². The smallest absolute Gasteiger partial charge is 0.0624 e. The summed E-state index contributed by atoms with van der Waals surface area (Å²) in [4.78, 5) is 4.75. The molecule has 0 amide bonds. The Bertz CT molecular complexity index is 223. The summed E-state index contributed by atoms with van der Waals surface area (Å²) in [5, 5.41) is 0. The number of rotatable bonds is 7. The molecule has 0 bridgehead atoms. The van der Waals surface area contributed by atoms with Crippen molar-refractivity contribution >= 4 is 0 Å². The second-order valence-electron chi connectivity index (χ2n) is 5.86. The highest BCUT2D eigenvalue weighted by atomic mass is 16.5. The highest BCUT2D eigenvalue weighted by Gasteiger charge is 2.38. The zero-order valence-electron chi connectivity index (χ0n) is 11.9. The second kappa shape index (κ2) is 6.69. The van der Waals surface area contributed by atoms with Crippen molar-refractivity contribution in [3.8, 4) is 0 Å². The van der Waals surface area contributed by atoms with Crippen LogP contribution in [-0.4, -0.2) is 69.3 Å². The topological polar surface area (TPSA) is 41.7 Å². The Labute approximate surface area is 106 Å². The summed E-state index contributed by atoms with van der Waals surface area (Å²) >= 11 is 0. The van der Waals surface area contributed by atoms with Crippen LogP contribution in [0.2, 0.25) is 0 Å². The van der Waals surface area contributed by atoms with E-state index in [4.69, 9.17) is 10.5 Å². The van der Waals surface area contributed by atoms with E-state index >= 15 is 0 Å². The molecule has 0 aromatic rings. The molecule has 1 rings (SSSR count). The highest BCUT2D eigenvalue weighted by molar-refractivity contribution is 4.92. The van der Waals surface area contributed by atoms with E-state index in [9.17, 15) is 0 Å². The van der Waals surface area contributed by atoms with Gasteiger partial charge >= 0.3 is 0 Å². The van der Waals surface area contributed by atoms with Crippen LogP contribution in [0.3, 0.4) is 0 Å². The zero-order chi connectivity index (χ0) is 12.9. The van der Waals surface area contributed by atoms with Gasteiger partial charge in [0.05, 0.1) is 13.2 Å². The molecule has 1 fully saturated rings. The molecule has 0 aromatic carbocycles. The average molecular weight is 243 g/mol. The fourth-order valence-corrected chi connectivity index (χ4v) is 2.33. The van der Waals surface area contributed by atoms with Crippen LogP contribution >= 0.6 is 0 Å². The maximum atomic E-state index is 6.15. The van der Waals surface area contributed by atoms with Crippen molar-refractivity contribution in [1.29, 1.82) is 0 Å². The molecular weight excluding hydrogens is 214 g/mol. The van der Waals surface area contributed by atoms with Crippen LogP contribution in [0.15, 0.2) is 0 Å². The normalized spacial score (nSPS) is 29.5. The third-order valence-electron chi connectivity index (χ3n) is 3.61. The molecule has 2 N–H and O–H groups in total. The summed E-state index contributed by atoms with van der Waals surface area (Å²) in [6, 6.07) is 0.182. The Hall–Kier alpha value is -0.160. The molecule has 0 saturated carbocycles. The first kappa shape index (κ1) is 14.9. The summed E-state index contributed by atoms with van der Waals surface area (Å²) in [5.41, 5.74) is 6.28. The number of nitrogens with two attached hydrogens (primary N) is 1. The fraction of sp³-hybridized carbons (Fsp3) is 1.00. The average Bonchev–Trinajstić information content (AvgIpc) is 2.56. The number of hydrogen-bond acceptors (Lipinski definition) is 4. The number of likely N-dealkylation sites (N-methyl/N-ethyl adjacent to an activating group) is 1. The van der Waals surface area contributed by atoms with Crippen molar-refractivity contribution in [3.63, 3.8) is 0 Å². The molecule has 4 heteroatoms. The van der Waals surface area contributed by atoms with Gasteiger partial charge in [-0.25, -0.2) is 0 Å². The third kappa shape index (κ3) is 4.54. The highest BCUT2D eigenvalue weighted by Crippen LogP contribution is 2.28. The molecule has 0 aliphatic carbocycles. The van der Waals surface area contributed by atoms with Gasteiger partial charge in [-0.05, 0) is 27.1 Å². The Morgan fingerprint density at radius 3 is 2.47 bits per heavy atom. The molecule has 2 atom stereocenters. The molecule has 102 valence electrons. The predicted octanol–water partition coefficient (Wildman–Crippen LogP) is 0.624. The maximum Gasteiger partial charge on any atom is 0.0624 e. The Morgan fingerprint density at radius 1 is 1.29 bits per heavy atom. The Morgan fingerprint density at radius 2 is 2.00 bits per heavy atom. The van der Waals surface area contributed by atoms with E-state index in [2.05, 4.69) is 37.7 Å². The van der Waals surface area contributed by atoms with Gasteiger partial charge in [-0.1, -0.05) is 13.8 Å².